The van der Waals surface area contributed by atoms with Gasteiger partial charge in [0.2, 0.25) is 0 Å². The van der Waals surface area contributed by atoms with Crippen molar-refractivity contribution in [3.05, 3.63) is 35.4 Å². The molecular weight excluding hydrogens is 232 g/mol. The fourth-order valence-electron chi connectivity index (χ4n) is 1.54. The van der Waals surface area contributed by atoms with Gasteiger partial charge in [0.05, 0.1) is 13.0 Å². The number of carbonyl (C=O) groups is 3. The van der Waals surface area contributed by atoms with Crippen LogP contribution in [-0.4, -0.2) is 24.1 Å². The molecule has 0 aliphatic heterocycles. The molecule has 1 aromatic carbocycles. The fraction of sp³-hybridized carbons (Fsp3) is 0.357. The first-order chi connectivity index (χ1) is 8.52. The first-order valence-corrected chi connectivity index (χ1v) is 5.80. The smallest absolute Gasteiger partial charge is 0.313 e. The molecule has 0 saturated carbocycles. The van der Waals surface area contributed by atoms with Gasteiger partial charge in [0.15, 0.2) is 11.6 Å². The lowest BCUT2D eigenvalue weighted by molar-refractivity contribution is -0.145. The Labute approximate surface area is 106 Å². The zero-order valence-corrected chi connectivity index (χ0v) is 10.6. The lowest BCUT2D eigenvalue weighted by Crippen LogP contribution is -2.14. The maximum atomic E-state index is 11.8. The second-order valence-corrected chi connectivity index (χ2v) is 3.99. The van der Waals surface area contributed by atoms with Gasteiger partial charge in [0, 0.05) is 5.56 Å². The highest BCUT2D eigenvalue weighted by atomic mass is 16.5. The summed E-state index contributed by atoms with van der Waals surface area (Å²) in [5.41, 5.74) is 1.45. The second kappa shape index (κ2) is 6.69. The van der Waals surface area contributed by atoms with Crippen molar-refractivity contribution in [2.24, 2.45) is 0 Å². The standard InChI is InChI=1S/C14H16O4/c1-3-18-14(17)9-12(15)8-13(16)11-6-4-5-10(2)7-11/h4-7H,3,8-9H2,1-2H3. The Morgan fingerprint density at radius 2 is 1.89 bits per heavy atom. The largest absolute Gasteiger partial charge is 0.466 e. The summed E-state index contributed by atoms with van der Waals surface area (Å²) in [6, 6.07) is 7.02. The molecular formula is C14H16O4. The molecule has 0 heterocycles. The molecule has 0 aliphatic rings. The molecule has 1 rings (SSSR count). The van der Waals surface area contributed by atoms with Gasteiger partial charge in [0.25, 0.3) is 0 Å². The molecule has 0 fully saturated rings. The Balaban J connectivity index is 2.55. The van der Waals surface area contributed by atoms with Crippen LogP contribution < -0.4 is 0 Å². The van der Waals surface area contributed by atoms with Crippen LogP contribution in [0.3, 0.4) is 0 Å². The Bertz CT molecular complexity index is 463. The monoisotopic (exact) mass is 248 g/mol. The number of carbonyl (C=O) groups excluding carboxylic acids is 3. The van der Waals surface area contributed by atoms with E-state index in [2.05, 4.69) is 4.74 Å². The van der Waals surface area contributed by atoms with E-state index in [4.69, 9.17) is 0 Å². The first-order valence-electron chi connectivity index (χ1n) is 5.80. The Kier molecular flexibility index (Phi) is 5.24. The third kappa shape index (κ3) is 4.49. The van der Waals surface area contributed by atoms with E-state index < -0.39 is 11.8 Å². The Morgan fingerprint density at radius 1 is 1.17 bits per heavy atom. The summed E-state index contributed by atoms with van der Waals surface area (Å²) in [4.78, 5) is 34.3. The summed E-state index contributed by atoms with van der Waals surface area (Å²) in [5.74, 6) is -1.27. The molecule has 4 nitrogen and oxygen atoms in total. The molecule has 18 heavy (non-hydrogen) atoms. The normalized spacial score (nSPS) is 9.89. The topological polar surface area (TPSA) is 60.4 Å². The van der Waals surface area contributed by atoms with Gasteiger partial charge < -0.3 is 4.74 Å². The van der Waals surface area contributed by atoms with Gasteiger partial charge in [-0.15, -0.1) is 0 Å². The van der Waals surface area contributed by atoms with E-state index in [1.165, 1.54) is 0 Å². The van der Waals surface area contributed by atoms with Gasteiger partial charge >= 0.3 is 5.97 Å². The number of Topliss-reactive ketones (excluding diaryl/α,β-unsaturated/α-hetero) is 2. The maximum Gasteiger partial charge on any atom is 0.313 e. The molecule has 0 radical (unpaired) electrons. The van der Waals surface area contributed by atoms with E-state index in [1.54, 1.807) is 25.1 Å². The van der Waals surface area contributed by atoms with Crippen LogP contribution in [-0.2, 0) is 14.3 Å². The predicted molar refractivity (Wildman–Crippen MR) is 66.4 cm³/mol. The Hall–Kier alpha value is -1.97. The van der Waals surface area contributed by atoms with Gasteiger partial charge in [0.1, 0.15) is 6.42 Å². The lowest BCUT2D eigenvalue weighted by atomic mass is 10.0. The molecule has 1 aromatic rings. The summed E-state index contributed by atoms with van der Waals surface area (Å²) >= 11 is 0. The number of ketones is 2. The van der Waals surface area contributed by atoms with Crippen molar-refractivity contribution in [1.82, 2.24) is 0 Å². The molecule has 0 aromatic heterocycles. The molecule has 0 bridgehead atoms. The zero-order chi connectivity index (χ0) is 13.5. The molecule has 0 aliphatic carbocycles. The van der Waals surface area contributed by atoms with Crippen LogP contribution in [0, 0.1) is 6.92 Å². The molecule has 0 unspecified atom stereocenters. The average Bonchev–Trinajstić information content (AvgIpc) is 2.28. The van der Waals surface area contributed by atoms with E-state index in [0.717, 1.165) is 5.56 Å². The van der Waals surface area contributed by atoms with E-state index in [9.17, 15) is 14.4 Å². The molecule has 0 N–H and O–H groups in total. The number of esters is 1. The van der Waals surface area contributed by atoms with Crippen LogP contribution in [0.2, 0.25) is 0 Å². The van der Waals surface area contributed by atoms with Gasteiger partial charge in [-0.2, -0.15) is 0 Å². The van der Waals surface area contributed by atoms with Crippen molar-refractivity contribution in [2.45, 2.75) is 26.7 Å². The number of benzene rings is 1. The van der Waals surface area contributed by atoms with Crippen LogP contribution in [0.15, 0.2) is 24.3 Å². The molecule has 96 valence electrons. The second-order valence-electron chi connectivity index (χ2n) is 3.99. The quantitative estimate of drug-likeness (QED) is 0.439. The highest BCUT2D eigenvalue weighted by Crippen LogP contribution is 2.08. The van der Waals surface area contributed by atoms with E-state index in [-0.39, 0.29) is 25.2 Å². The lowest BCUT2D eigenvalue weighted by Gasteiger charge is -2.02. The molecule has 0 saturated heterocycles. The molecule has 0 atom stereocenters. The maximum absolute atomic E-state index is 11.8. The van der Waals surface area contributed by atoms with Crippen molar-refractivity contribution in [1.29, 1.82) is 0 Å². The van der Waals surface area contributed by atoms with Gasteiger partial charge in [-0.1, -0.05) is 23.8 Å². The first kappa shape index (κ1) is 14.1. The third-order valence-electron chi connectivity index (χ3n) is 2.34. The minimum atomic E-state index is -0.584. The Morgan fingerprint density at radius 3 is 2.50 bits per heavy atom. The number of aryl methyl sites for hydroxylation is 1. The highest BCUT2D eigenvalue weighted by molar-refractivity contribution is 6.11. The number of hydrogen-bond acceptors (Lipinski definition) is 4. The average molecular weight is 248 g/mol. The van der Waals surface area contributed by atoms with Crippen molar-refractivity contribution in [3.8, 4) is 0 Å². The molecule has 4 heteroatoms. The molecule has 0 spiro atoms. The van der Waals surface area contributed by atoms with Crippen LogP contribution in [0.25, 0.3) is 0 Å². The minimum absolute atomic E-state index is 0.234. The number of rotatable bonds is 6. The SMILES string of the molecule is CCOC(=O)CC(=O)CC(=O)c1cccc(C)c1. The van der Waals surface area contributed by atoms with Crippen molar-refractivity contribution in [3.63, 3.8) is 0 Å². The van der Waals surface area contributed by atoms with Gasteiger partial charge in [-0.05, 0) is 19.9 Å². The van der Waals surface area contributed by atoms with Crippen LogP contribution in [0.5, 0.6) is 0 Å². The summed E-state index contributed by atoms with van der Waals surface area (Å²) in [5, 5.41) is 0. The predicted octanol–water partition coefficient (Wildman–Crippen LogP) is 2.09. The summed E-state index contributed by atoms with van der Waals surface area (Å²) in [6.07, 6.45) is -0.604. The van der Waals surface area contributed by atoms with Gasteiger partial charge in [-0.3, -0.25) is 14.4 Å². The fourth-order valence-corrected chi connectivity index (χ4v) is 1.54. The number of ether oxygens (including phenoxy) is 1. The van der Waals surface area contributed by atoms with Crippen LogP contribution in [0.4, 0.5) is 0 Å². The summed E-state index contributed by atoms with van der Waals surface area (Å²) in [7, 11) is 0. The summed E-state index contributed by atoms with van der Waals surface area (Å²) < 4.78 is 4.65. The highest BCUT2D eigenvalue weighted by Gasteiger charge is 2.15. The third-order valence-corrected chi connectivity index (χ3v) is 2.34. The van der Waals surface area contributed by atoms with Crippen LogP contribution in [0.1, 0.15) is 35.7 Å². The van der Waals surface area contributed by atoms with Crippen molar-refractivity contribution in [2.75, 3.05) is 6.61 Å². The van der Waals surface area contributed by atoms with Gasteiger partial charge in [-0.25, -0.2) is 0 Å². The van der Waals surface area contributed by atoms with E-state index in [1.807, 2.05) is 13.0 Å². The molecule has 0 amide bonds. The minimum Gasteiger partial charge on any atom is -0.466 e. The number of hydrogen-bond donors (Lipinski definition) is 0. The van der Waals surface area contributed by atoms with E-state index in [0.29, 0.717) is 5.56 Å². The van der Waals surface area contributed by atoms with Crippen molar-refractivity contribution < 1.29 is 19.1 Å². The zero-order valence-electron chi connectivity index (χ0n) is 10.6. The van der Waals surface area contributed by atoms with E-state index >= 15 is 0 Å². The van der Waals surface area contributed by atoms with Crippen molar-refractivity contribution >= 4 is 17.5 Å². The van der Waals surface area contributed by atoms with Crippen LogP contribution >= 0.6 is 0 Å². The summed E-state index contributed by atoms with van der Waals surface area (Å²) in [6.45, 7) is 3.77.